The third-order valence-corrected chi connectivity index (χ3v) is 5.43. The molecule has 2 amide bonds. The van der Waals surface area contributed by atoms with Crippen LogP contribution >= 0.6 is 0 Å². The summed E-state index contributed by atoms with van der Waals surface area (Å²) in [5, 5.41) is 3.06. The molecule has 0 unspecified atom stereocenters. The van der Waals surface area contributed by atoms with Crippen LogP contribution in [0.4, 0.5) is 0 Å². The highest BCUT2D eigenvalue weighted by atomic mass is 16.5. The standard InChI is InChI=1S/C20H29N3O5/c1-26-14-3-5-16(18(11-14)27-2)20(25)23-9-7-13(8-10-23)22-19(24)17-6-4-15(12-21)28-17/h3,5,11,13,15,17H,4,6-10,12,21H2,1-2H3,(H,22,24)/t15-,17+/m1/s1. The summed E-state index contributed by atoms with van der Waals surface area (Å²) in [6, 6.07) is 5.23. The van der Waals surface area contributed by atoms with Crippen LogP contribution in [0.3, 0.4) is 0 Å². The topological polar surface area (TPSA) is 103 Å². The molecule has 0 radical (unpaired) electrons. The van der Waals surface area contributed by atoms with E-state index in [1.807, 2.05) is 0 Å². The molecular formula is C20H29N3O5. The predicted octanol–water partition coefficient (Wildman–Crippen LogP) is 0.931. The van der Waals surface area contributed by atoms with Crippen LogP contribution in [0.15, 0.2) is 18.2 Å². The molecule has 154 valence electrons. The van der Waals surface area contributed by atoms with Crippen molar-refractivity contribution >= 4 is 11.8 Å². The van der Waals surface area contributed by atoms with E-state index in [2.05, 4.69) is 5.32 Å². The minimum absolute atomic E-state index is 0.0188. The molecule has 0 spiro atoms. The first-order valence-electron chi connectivity index (χ1n) is 9.73. The molecule has 2 saturated heterocycles. The lowest BCUT2D eigenvalue weighted by molar-refractivity contribution is -0.132. The number of hydrogen-bond acceptors (Lipinski definition) is 6. The van der Waals surface area contributed by atoms with E-state index in [1.165, 1.54) is 7.11 Å². The molecule has 2 fully saturated rings. The molecule has 0 bridgehead atoms. The van der Waals surface area contributed by atoms with Crippen LogP contribution in [-0.4, -0.2) is 68.8 Å². The largest absolute Gasteiger partial charge is 0.497 e. The summed E-state index contributed by atoms with van der Waals surface area (Å²) >= 11 is 0. The maximum Gasteiger partial charge on any atom is 0.257 e. The Kier molecular flexibility index (Phi) is 6.74. The van der Waals surface area contributed by atoms with Gasteiger partial charge in [-0.15, -0.1) is 0 Å². The van der Waals surface area contributed by atoms with Gasteiger partial charge in [0, 0.05) is 31.7 Å². The summed E-state index contributed by atoms with van der Waals surface area (Å²) in [4.78, 5) is 27.0. The Bertz CT molecular complexity index is 703. The highest BCUT2D eigenvalue weighted by molar-refractivity contribution is 5.97. The van der Waals surface area contributed by atoms with Crippen LogP contribution in [-0.2, 0) is 9.53 Å². The van der Waals surface area contributed by atoms with Crippen LogP contribution in [0, 0.1) is 0 Å². The van der Waals surface area contributed by atoms with Crippen LogP contribution in [0.5, 0.6) is 11.5 Å². The third-order valence-electron chi connectivity index (χ3n) is 5.43. The molecule has 3 rings (SSSR count). The average Bonchev–Trinajstić information content (AvgIpc) is 3.23. The number of nitrogens with one attached hydrogen (secondary N) is 1. The van der Waals surface area contributed by atoms with Gasteiger partial charge < -0.3 is 30.2 Å². The van der Waals surface area contributed by atoms with Crippen molar-refractivity contribution in [3.05, 3.63) is 23.8 Å². The van der Waals surface area contributed by atoms with Crippen molar-refractivity contribution in [2.45, 2.75) is 43.9 Å². The Hall–Kier alpha value is -2.32. The van der Waals surface area contributed by atoms with E-state index in [4.69, 9.17) is 19.9 Å². The van der Waals surface area contributed by atoms with Gasteiger partial charge in [0.25, 0.3) is 5.91 Å². The van der Waals surface area contributed by atoms with Gasteiger partial charge in [-0.2, -0.15) is 0 Å². The maximum absolute atomic E-state index is 12.9. The lowest BCUT2D eigenvalue weighted by Gasteiger charge is -2.33. The quantitative estimate of drug-likeness (QED) is 0.748. The number of methoxy groups -OCH3 is 2. The number of nitrogens with zero attached hydrogens (tertiary/aromatic N) is 1. The fourth-order valence-corrected chi connectivity index (χ4v) is 3.74. The molecule has 2 aliphatic heterocycles. The van der Waals surface area contributed by atoms with Gasteiger partial charge >= 0.3 is 0 Å². The zero-order chi connectivity index (χ0) is 20.1. The van der Waals surface area contributed by atoms with E-state index in [9.17, 15) is 9.59 Å². The molecule has 8 nitrogen and oxygen atoms in total. The molecule has 0 aliphatic carbocycles. The number of carbonyl (C=O) groups is 2. The molecule has 8 heteroatoms. The number of likely N-dealkylation sites (tertiary alicyclic amines) is 1. The Labute approximate surface area is 165 Å². The Morgan fingerprint density at radius 1 is 1.18 bits per heavy atom. The lowest BCUT2D eigenvalue weighted by Crippen LogP contribution is -2.49. The summed E-state index contributed by atoms with van der Waals surface area (Å²) < 4.78 is 16.2. The number of amides is 2. The monoisotopic (exact) mass is 391 g/mol. The number of nitrogens with two attached hydrogens (primary N) is 1. The van der Waals surface area contributed by atoms with Crippen molar-refractivity contribution < 1.29 is 23.8 Å². The maximum atomic E-state index is 12.9. The van der Waals surface area contributed by atoms with Gasteiger partial charge in [-0.25, -0.2) is 0 Å². The third kappa shape index (κ3) is 4.56. The normalized spacial score (nSPS) is 22.8. The fraction of sp³-hybridized carbons (Fsp3) is 0.600. The molecule has 1 aromatic carbocycles. The van der Waals surface area contributed by atoms with Gasteiger partial charge in [0.2, 0.25) is 5.91 Å². The second-order valence-corrected chi connectivity index (χ2v) is 7.20. The second kappa shape index (κ2) is 9.25. The van der Waals surface area contributed by atoms with E-state index < -0.39 is 6.10 Å². The van der Waals surface area contributed by atoms with E-state index in [0.717, 1.165) is 6.42 Å². The Balaban J connectivity index is 1.52. The second-order valence-electron chi connectivity index (χ2n) is 7.20. The number of carbonyl (C=O) groups excluding carboxylic acids is 2. The van der Waals surface area contributed by atoms with Crippen LogP contribution in [0.2, 0.25) is 0 Å². The minimum Gasteiger partial charge on any atom is -0.497 e. The van der Waals surface area contributed by atoms with Crippen molar-refractivity contribution in [3.63, 3.8) is 0 Å². The van der Waals surface area contributed by atoms with Crippen molar-refractivity contribution in [1.82, 2.24) is 10.2 Å². The van der Waals surface area contributed by atoms with Gasteiger partial charge in [0.05, 0.1) is 25.9 Å². The van der Waals surface area contributed by atoms with Gasteiger partial charge in [0.15, 0.2) is 0 Å². The molecule has 0 saturated carbocycles. The van der Waals surface area contributed by atoms with E-state index >= 15 is 0 Å². The number of benzene rings is 1. The van der Waals surface area contributed by atoms with Gasteiger partial charge in [-0.05, 0) is 37.8 Å². The van der Waals surface area contributed by atoms with Gasteiger partial charge in [0.1, 0.15) is 17.6 Å². The summed E-state index contributed by atoms with van der Waals surface area (Å²) in [5.74, 6) is 0.986. The van der Waals surface area contributed by atoms with Crippen molar-refractivity contribution in [2.75, 3.05) is 33.9 Å². The number of piperidine rings is 1. The van der Waals surface area contributed by atoms with Crippen molar-refractivity contribution in [3.8, 4) is 11.5 Å². The number of ether oxygens (including phenoxy) is 3. The minimum atomic E-state index is -0.406. The molecule has 0 aromatic heterocycles. The fourth-order valence-electron chi connectivity index (χ4n) is 3.74. The number of hydrogen-bond donors (Lipinski definition) is 2. The molecular weight excluding hydrogens is 362 g/mol. The summed E-state index contributed by atoms with van der Waals surface area (Å²) in [7, 11) is 3.11. The highest BCUT2D eigenvalue weighted by Crippen LogP contribution is 2.27. The summed E-state index contributed by atoms with van der Waals surface area (Å²) in [5.41, 5.74) is 6.11. The number of rotatable bonds is 6. The van der Waals surface area contributed by atoms with Crippen molar-refractivity contribution in [2.24, 2.45) is 5.73 Å². The van der Waals surface area contributed by atoms with Gasteiger partial charge in [-0.3, -0.25) is 9.59 Å². The van der Waals surface area contributed by atoms with Crippen LogP contribution in [0.25, 0.3) is 0 Å². The van der Waals surface area contributed by atoms with Crippen LogP contribution < -0.4 is 20.5 Å². The van der Waals surface area contributed by atoms with Crippen molar-refractivity contribution in [1.29, 1.82) is 0 Å². The molecule has 2 heterocycles. The molecule has 2 atom stereocenters. The SMILES string of the molecule is COc1ccc(C(=O)N2CCC(NC(=O)[C@@H]3CC[C@H](CN)O3)CC2)c(OC)c1. The highest BCUT2D eigenvalue weighted by Gasteiger charge is 2.32. The van der Waals surface area contributed by atoms with Crippen LogP contribution in [0.1, 0.15) is 36.0 Å². The Morgan fingerprint density at radius 2 is 1.93 bits per heavy atom. The summed E-state index contributed by atoms with van der Waals surface area (Å²) in [6.07, 6.45) is 2.53. The van der Waals surface area contributed by atoms with Gasteiger partial charge in [-0.1, -0.05) is 0 Å². The molecule has 28 heavy (non-hydrogen) atoms. The van der Waals surface area contributed by atoms with E-state index in [1.54, 1.807) is 30.2 Å². The molecule has 3 N–H and O–H groups in total. The lowest BCUT2D eigenvalue weighted by atomic mass is 10.0. The Morgan fingerprint density at radius 3 is 2.54 bits per heavy atom. The predicted molar refractivity (Wildman–Crippen MR) is 104 cm³/mol. The zero-order valence-electron chi connectivity index (χ0n) is 16.5. The first-order chi connectivity index (χ1) is 13.5. The average molecular weight is 391 g/mol. The first-order valence-corrected chi connectivity index (χ1v) is 9.73. The van der Waals surface area contributed by atoms with E-state index in [-0.39, 0.29) is 24.0 Å². The smallest absolute Gasteiger partial charge is 0.257 e. The molecule has 2 aliphatic rings. The summed E-state index contributed by atoms with van der Waals surface area (Å²) in [6.45, 7) is 1.60. The van der Waals surface area contributed by atoms with E-state index in [0.29, 0.717) is 56.0 Å². The zero-order valence-corrected chi connectivity index (χ0v) is 16.5. The first kappa shape index (κ1) is 20.4. The molecule has 1 aromatic rings.